The van der Waals surface area contributed by atoms with Gasteiger partial charge in [0.1, 0.15) is 0 Å². The zero-order valence-corrected chi connectivity index (χ0v) is 13.4. The molecule has 0 aromatic rings. The number of likely N-dealkylation sites (tertiary alicyclic amines) is 1. The quantitative estimate of drug-likeness (QED) is 0.814. The van der Waals surface area contributed by atoms with Crippen LogP contribution >= 0.6 is 12.4 Å². The summed E-state index contributed by atoms with van der Waals surface area (Å²) < 4.78 is 5.98. The standard InChI is InChI=1S/C15H30N2O.ClH/c1-13(2)6-10-18-15-5-9-17(12-15)11-14-3-7-16-8-4-14;/h13-16H,3-12H2,1-2H3;1H. The van der Waals surface area contributed by atoms with Gasteiger partial charge in [-0.2, -0.15) is 0 Å². The van der Waals surface area contributed by atoms with Crippen molar-refractivity contribution < 1.29 is 4.74 Å². The van der Waals surface area contributed by atoms with Crippen LogP contribution in [0.2, 0.25) is 0 Å². The number of hydrogen-bond donors (Lipinski definition) is 1. The minimum Gasteiger partial charge on any atom is -0.377 e. The van der Waals surface area contributed by atoms with Gasteiger partial charge >= 0.3 is 0 Å². The maximum atomic E-state index is 5.98. The minimum absolute atomic E-state index is 0. The molecule has 4 heteroatoms. The lowest BCUT2D eigenvalue weighted by Gasteiger charge is -2.27. The van der Waals surface area contributed by atoms with Gasteiger partial charge in [0.05, 0.1) is 6.10 Å². The lowest BCUT2D eigenvalue weighted by Crippen LogP contribution is -2.35. The Bertz CT molecular complexity index is 232. The summed E-state index contributed by atoms with van der Waals surface area (Å²) in [5, 5.41) is 3.44. The van der Waals surface area contributed by atoms with Crippen molar-refractivity contribution in [2.45, 2.75) is 45.6 Å². The summed E-state index contributed by atoms with van der Waals surface area (Å²) in [6.07, 6.45) is 5.66. The van der Waals surface area contributed by atoms with Crippen molar-refractivity contribution >= 4 is 12.4 Å². The van der Waals surface area contributed by atoms with Gasteiger partial charge in [0, 0.05) is 26.2 Å². The molecule has 2 heterocycles. The Morgan fingerprint density at radius 2 is 1.95 bits per heavy atom. The molecule has 0 radical (unpaired) electrons. The van der Waals surface area contributed by atoms with Crippen molar-refractivity contribution in [2.75, 3.05) is 39.3 Å². The van der Waals surface area contributed by atoms with E-state index in [2.05, 4.69) is 24.1 Å². The lowest BCUT2D eigenvalue weighted by atomic mass is 9.98. The second kappa shape index (κ2) is 9.17. The Balaban J connectivity index is 0.00000180. The van der Waals surface area contributed by atoms with E-state index < -0.39 is 0 Å². The minimum atomic E-state index is 0. The number of halogens is 1. The van der Waals surface area contributed by atoms with E-state index in [0.717, 1.165) is 18.4 Å². The van der Waals surface area contributed by atoms with E-state index in [1.165, 1.54) is 58.4 Å². The molecule has 3 nitrogen and oxygen atoms in total. The summed E-state index contributed by atoms with van der Waals surface area (Å²) >= 11 is 0. The Hall–Kier alpha value is 0.170. The first kappa shape index (κ1) is 17.2. The first-order valence-corrected chi connectivity index (χ1v) is 7.78. The van der Waals surface area contributed by atoms with Crippen LogP contribution in [0.4, 0.5) is 0 Å². The number of hydrogen-bond acceptors (Lipinski definition) is 3. The zero-order chi connectivity index (χ0) is 12.8. The molecule has 1 atom stereocenters. The van der Waals surface area contributed by atoms with Gasteiger partial charge in [-0.3, -0.25) is 0 Å². The van der Waals surface area contributed by atoms with E-state index >= 15 is 0 Å². The molecule has 2 aliphatic rings. The van der Waals surface area contributed by atoms with Gasteiger partial charge in [-0.05, 0) is 50.6 Å². The normalized spacial score (nSPS) is 25.7. The maximum Gasteiger partial charge on any atom is 0.0714 e. The van der Waals surface area contributed by atoms with E-state index in [0.29, 0.717) is 6.10 Å². The van der Waals surface area contributed by atoms with Gasteiger partial charge in [0.25, 0.3) is 0 Å². The fourth-order valence-corrected chi connectivity index (χ4v) is 3.00. The van der Waals surface area contributed by atoms with Gasteiger partial charge in [0.15, 0.2) is 0 Å². The summed E-state index contributed by atoms with van der Waals surface area (Å²) in [6.45, 7) is 11.6. The van der Waals surface area contributed by atoms with Gasteiger partial charge in [0.2, 0.25) is 0 Å². The summed E-state index contributed by atoms with van der Waals surface area (Å²) in [6, 6.07) is 0. The molecule has 2 fully saturated rings. The van der Waals surface area contributed by atoms with E-state index in [1.807, 2.05) is 0 Å². The van der Waals surface area contributed by atoms with Gasteiger partial charge in [-0.25, -0.2) is 0 Å². The third-order valence-corrected chi connectivity index (χ3v) is 4.25. The molecule has 2 aliphatic heterocycles. The number of piperidine rings is 1. The monoisotopic (exact) mass is 290 g/mol. The predicted octanol–water partition coefficient (Wildman–Crippen LogP) is 2.54. The Kier molecular flexibility index (Phi) is 8.31. The van der Waals surface area contributed by atoms with Crippen molar-refractivity contribution in [3.63, 3.8) is 0 Å². The van der Waals surface area contributed by atoms with Crippen molar-refractivity contribution in [1.82, 2.24) is 10.2 Å². The molecule has 0 amide bonds. The van der Waals surface area contributed by atoms with Crippen LogP contribution in [0.25, 0.3) is 0 Å². The van der Waals surface area contributed by atoms with E-state index in [-0.39, 0.29) is 12.4 Å². The predicted molar refractivity (Wildman–Crippen MR) is 83.1 cm³/mol. The zero-order valence-electron chi connectivity index (χ0n) is 12.6. The van der Waals surface area contributed by atoms with Crippen LogP contribution in [0, 0.1) is 11.8 Å². The van der Waals surface area contributed by atoms with Crippen LogP contribution in [0.15, 0.2) is 0 Å². The van der Waals surface area contributed by atoms with Crippen molar-refractivity contribution in [3.8, 4) is 0 Å². The second-order valence-corrected chi connectivity index (χ2v) is 6.42. The Morgan fingerprint density at radius 1 is 1.21 bits per heavy atom. The summed E-state index contributed by atoms with van der Waals surface area (Å²) in [5.41, 5.74) is 0. The van der Waals surface area contributed by atoms with Crippen LogP contribution in [0.1, 0.15) is 39.5 Å². The van der Waals surface area contributed by atoms with Crippen LogP contribution in [-0.2, 0) is 4.74 Å². The highest BCUT2D eigenvalue weighted by atomic mass is 35.5. The SMILES string of the molecule is CC(C)CCOC1CCN(CC2CCNCC2)C1.Cl. The van der Waals surface area contributed by atoms with Gasteiger partial charge in [-0.1, -0.05) is 13.8 Å². The fraction of sp³-hybridized carbons (Fsp3) is 1.00. The molecule has 1 unspecified atom stereocenters. The molecule has 0 aromatic carbocycles. The van der Waals surface area contributed by atoms with Crippen LogP contribution in [0.3, 0.4) is 0 Å². The number of nitrogens with one attached hydrogen (secondary N) is 1. The maximum absolute atomic E-state index is 5.98. The van der Waals surface area contributed by atoms with Crippen LogP contribution in [0.5, 0.6) is 0 Å². The molecule has 2 rings (SSSR count). The number of ether oxygens (including phenoxy) is 1. The summed E-state index contributed by atoms with van der Waals surface area (Å²) in [7, 11) is 0. The van der Waals surface area contributed by atoms with E-state index in [9.17, 15) is 0 Å². The lowest BCUT2D eigenvalue weighted by molar-refractivity contribution is 0.0507. The average molecular weight is 291 g/mol. The highest BCUT2D eigenvalue weighted by molar-refractivity contribution is 5.85. The first-order chi connectivity index (χ1) is 8.74. The molecule has 1 N–H and O–H groups in total. The van der Waals surface area contributed by atoms with Crippen molar-refractivity contribution in [1.29, 1.82) is 0 Å². The molecule has 0 spiro atoms. The number of rotatable bonds is 6. The first-order valence-electron chi connectivity index (χ1n) is 7.78. The Labute approximate surface area is 124 Å². The van der Waals surface area contributed by atoms with Crippen LogP contribution in [-0.4, -0.2) is 50.3 Å². The molecule has 0 bridgehead atoms. The molecule has 19 heavy (non-hydrogen) atoms. The smallest absolute Gasteiger partial charge is 0.0714 e. The second-order valence-electron chi connectivity index (χ2n) is 6.42. The Morgan fingerprint density at radius 3 is 2.63 bits per heavy atom. The topological polar surface area (TPSA) is 24.5 Å². The molecular formula is C15H31ClN2O. The highest BCUT2D eigenvalue weighted by Gasteiger charge is 2.25. The van der Waals surface area contributed by atoms with E-state index in [1.54, 1.807) is 0 Å². The average Bonchev–Trinajstić information content (AvgIpc) is 2.78. The molecule has 0 aromatic heterocycles. The highest BCUT2D eigenvalue weighted by Crippen LogP contribution is 2.19. The van der Waals surface area contributed by atoms with Gasteiger partial charge in [-0.15, -0.1) is 12.4 Å². The molecular weight excluding hydrogens is 260 g/mol. The molecule has 114 valence electrons. The third kappa shape index (κ3) is 6.44. The summed E-state index contributed by atoms with van der Waals surface area (Å²) in [5.74, 6) is 1.68. The fourth-order valence-electron chi connectivity index (χ4n) is 3.00. The van der Waals surface area contributed by atoms with Crippen molar-refractivity contribution in [2.24, 2.45) is 11.8 Å². The molecule has 0 saturated carbocycles. The van der Waals surface area contributed by atoms with Crippen molar-refractivity contribution in [3.05, 3.63) is 0 Å². The molecule has 2 saturated heterocycles. The summed E-state index contributed by atoms with van der Waals surface area (Å²) in [4.78, 5) is 2.62. The largest absolute Gasteiger partial charge is 0.377 e. The van der Waals surface area contributed by atoms with Gasteiger partial charge < -0.3 is 15.0 Å². The van der Waals surface area contributed by atoms with E-state index in [4.69, 9.17) is 4.74 Å². The number of nitrogens with zero attached hydrogens (tertiary/aromatic N) is 1. The van der Waals surface area contributed by atoms with Crippen LogP contribution < -0.4 is 5.32 Å². The molecule has 0 aliphatic carbocycles. The third-order valence-electron chi connectivity index (χ3n) is 4.25.